The number of nitrogens with zero attached hydrogens (tertiary/aromatic N) is 1. The van der Waals surface area contributed by atoms with Crippen molar-refractivity contribution in [3.8, 4) is 11.5 Å². The number of amides is 1. The average molecular weight is 420 g/mol. The van der Waals surface area contributed by atoms with Gasteiger partial charge in [-0.3, -0.25) is 4.79 Å². The highest BCUT2D eigenvalue weighted by molar-refractivity contribution is 5.99. The molecule has 2 N–H and O–H groups in total. The van der Waals surface area contributed by atoms with Gasteiger partial charge in [0.2, 0.25) is 0 Å². The first-order valence-electron chi connectivity index (χ1n) is 11.0. The third-order valence-electron chi connectivity index (χ3n) is 5.68. The van der Waals surface area contributed by atoms with Crippen LogP contribution in [0.3, 0.4) is 0 Å². The molecule has 6 heteroatoms. The molecule has 1 heterocycles. The molecule has 1 aliphatic carbocycles. The topological polar surface area (TPSA) is 75.7 Å². The quantitative estimate of drug-likeness (QED) is 0.307. The van der Waals surface area contributed by atoms with E-state index in [2.05, 4.69) is 22.4 Å². The molecule has 0 unspecified atom stereocenters. The van der Waals surface area contributed by atoms with Crippen molar-refractivity contribution in [2.45, 2.75) is 45.4 Å². The van der Waals surface area contributed by atoms with Crippen LogP contribution in [0.1, 0.15) is 59.8 Å². The molecule has 0 bridgehead atoms. The summed E-state index contributed by atoms with van der Waals surface area (Å²) in [7, 11) is 1.61. The number of hydrogen-bond donors (Lipinski definition) is 2. The zero-order valence-electron chi connectivity index (χ0n) is 18.2. The van der Waals surface area contributed by atoms with Crippen LogP contribution in [0.25, 0.3) is 10.9 Å². The summed E-state index contributed by atoms with van der Waals surface area (Å²) in [5.74, 6) is 1.13. The maximum atomic E-state index is 12.6. The van der Waals surface area contributed by atoms with E-state index in [-0.39, 0.29) is 5.91 Å². The molecular weight excluding hydrogens is 390 g/mol. The van der Waals surface area contributed by atoms with Gasteiger partial charge < -0.3 is 14.5 Å². The monoisotopic (exact) mass is 419 g/mol. The molecular formula is C25H29N3O3. The lowest BCUT2D eigenvalue weighted by molar-refractivity contribution is 0.0955. The van der Waals surface area contributed by atoms with Crippen molar-refractivity contribution in [3.63, 3.8) is 0 Å². The van der Waals surface area contributed by atoms with Crippen LogP contribution in [-0.4, -0.2) is 30.8 Å². The molecule has 0 radical (unpaired) electrons. The summed E-state index contributed by atoms with van der Waals surface area (Å²) in [5, 5.41) is 5.27. The largest absolute Gasteiger partial charge is 0.493 e. The van der Waals surface area contributed by atoms with Crippen LogP contribution in [0.5, 0.6) is 11.5 Å². The SMILES string of the molecule is CCCCOc1ccc(/C=N/NC(=O)c2ccc3[nH]c4c(c3c2)CCCC4)cc1OC. The lowest BCUT2D eigenvalue weighted by Crippen LogP contribution is -2.17. The van der Waals surface area contributed by atoms with Crippen molar-refractivity contribution in [3.05, 3.63) is 58.8 Å². The second kappa shape index (κ2) is 9.69. The number of carbonyl (C=O) groups is 1. The smallest absolute Gasteiger partial charge is 0.271 e. The van der Waals surface area contributed by atoms with Crippen LogP contribution in [0, 0.1) is 0 Å². The Balaban J connectivity index is 1.43. The lowest BCUT2D eigenvalue weighted by Gasteiger charge is -2.11. The van der Waals surface area contributed by atoms with Crippen molar-refractivity contribution in [2.24, 2.45) is 5.10 Å². The summed E-state index contributed by atoms with van der Waals surface area (Å²) in [6.45, 7) is 2.78. The van der Waals surface area contributed by atoms with Crippen molar-refractivity contribution >= 4 is 23.0 Å². The van der Waals surface area contributed by atoms with Gasteiger partial charge in [0.15, 0.2) is 11.5 Å². The molecule has 31 heavy (non-hydrogen) atoms. The number of hydrogen-bond acceptors (Lipinski definition) is 4. The number of fused-ring (bicyclic) bond motifs is 3. The molecule has 0 saturated carbocycles. The Morgan fingerprint density at radius 1 is 1.16 bits per heavy atom. The van der Waals surface area contributed by atoms with E-state index in [4.69, 9.17) is 9.47 Å². The molecule has 1 aliphatic rings. The molecule has 162 valence electrons. The number of unbranched alkanes of at least 4 members (excludes halogenated alkanes) is 1. The lowest BCUT2D eigenvalue weighted by atomic mass is 9.95. The zero-order chi connectivity index (χ0) is 21.6. The van der Waals surface area contributed by atoms with Crippen LogP contribution >= 0.6 is 0 Å². The Morgan fingerprint density at radius 3 is 2.87 bits per heavy atom. The van der Waals surface area contributed by atoms with Crippen molar-refractivity contribution in [1.82, 2.24) is 10.4 Å². The molecule has 0 aliphatic heterocycles. The van der Waals surface area contributed by atoms with Crippen molar-refractivity contribution in [1.29, 1.82) is 0 Å². The Hall–Kier alpha value is -3.28. The standard InChI is InChI=1S/C25H29N3O3/c1-3-4-13-31-23-12-9-17(14-24(23)30-2)16-26-28-25(29)18-10-11-22-20(15-18)19-7-5-6-8-21(19)27-22/h9-12,14-16,27H,3-8,13H2,1-2H3,(H,28,29)/b26-16+. The van der Waals surface area contributed by atoms with Crippen molar-refractivity contribution in [2.75, 3.05) is 13.7 Å². The summed E-state index contributed by atoms with van der Waals surface area (Å²) >= 11 is 0. The first-order valence-corrected chi connectivity index (χ1v) is 11.0. The van der Waals surface area contributed by atoms with Crippen LogP contribution in [0.4, 0.5) is 0 Å². The minimum Gasteiger partial charge on any atom is -0.493 e. The predicted octanol–water partition coefficient (Wildman–Crippen LogP) is 5.00. The highest BCUT2D eigenvalue weighted by atomic mass is 16.5. The van der Waals surface area contributed by atoms with Gasteiger partial charge in [-0.2, -0.15) is 5.10 Å². The summed E-state index contributed by atoms with van der Waals surface area (Å²) in [6, 6.07) is 11.4. The van der Waals surface area contributed by atoms with E-state index >= 15 is 0 Å². The summed E-state index contributed by atoms with van der Waals surface area (Å²) < 4.78 is 11.2. The van der Waals surface area contributed by atoms with Gasteiger partial charge in [0, 0.05) is 22.2 Å². The molecule has 0 fully saturated rings. The number of carbonyl (C=O) groups excluding carboxylic acids is 1. The number of aromatic nitrogens is 1. The van der Waals surface area contributed by atoms with E-state index in [1.807, 2.05) is 36.4 Å². The van der Waals surface area contributed by atoms with E-state index in [0.29, 0.717) is 23.7 Å². The van der Waals surface area contributed by atoms with Gasteiger partial charge in [0.1, 0.15) is 0 Å². The first-order chi connectivity index (χ1) is 15.2. The zero-order valence-corrected chi connectivity index (χ0v) is 18.2. The normalized spacial score (nSPS) is 13.4. The molecule has 0 atom stereocenters. The minimum atomic E-state index is -0.226. The predicted molar refractivity (Wildman–Crippen MR) is 123 cm³/mol. The molecule has 4 rings (SSSR count). The number of rotatable bonds is 8. The fourth-order valence-electron chi connectivity index (χ4n) is 3.99. The highest BCUT2D eigenvalue weighted by Gasteiger charge is 2.16. The van der Waals surface area contributed by atoms with Gasteiger partial charge in [-0.1, -0.05) is 13.3 Å². The number of methoxy groups -OCH3 is 1. The van der Waals surface area contributed by atoms with Crippen LogP contribution in [0.2, 0.25) is 0 Å². The number of nitrogens with one attached hydrogen (secondary N) is 2. The molecule has 6 nitrogen and oxygen atoms in total. The fourth-order valence-corrected chi connectivity index (χ4v) is 3.99. The number of aryl methyl sites for hydroxylation is 2. The van der Waals surface area contributed by atoms with E-state index in [9.17, 15) is 4.79 Å². The Labute approximate surface area is 182 Å². The van der Waals surface area contributed by atoms with Crippen molar-refractivity contribution < 1.29 is 14.3 Å². The Bertz CT molecular complexity index is 1100. The van der Waals surface area contributed by atoms with Gasteiger partial charge in [-0.15, -0.1) is 0 Å². The highest BCUT2D eigenvalue weighted by Crippen LogP contribution is 2.30. The van der Waals surface area contributed by atoms with E-state index in [1.165, 1.54) is 24.1 Å². The van der Waals surface area contributed by atoms with E-state index in [0.717, 1.165) is 42.1 Å². The number of H-pyrrole nitrogens is 1. The Morgan fingerprint density at radius 2 is 2.03 bits per heavy atom. The Kier molecular flexibility index (Phi) is 6.55. The van der Waals surface area contributed by atoms with Gasteiger partial charge in [0.25, 0.3) is 5.91 Å². The van der Waals surface area contributed by atoms with Crippen LogP contribution in [-0.2, 0) is 12.8 Å². The van der Waals surface area contributed by atoms with Crippen LogP contribution < -0.4 is 14.9 Å². The number of benzene rings is 2. The third-order valence-corrected chi connectivity index (χ3v) is 5.68. The summed E-state index contributed by atoms with van der Waals surface area (Å²) in [6.07, 6.45) is 8.25. The molecule has 0 spiro atoms. The minimum absolute atomic E-state index is 0.226. The molecule has 2 aromatic carbocycles. The van der Waals surface area contributed by atoms with Gasteiger partial charge >= 0.3 is 0 Å². The third kappa shape index (κ3) is 4.74. The second-order valence-corrected chi connectivity index (χ2v) is 7.86. The molecule has 0 saturated heterocycles. The first kappa shape index (κ1) is 21.0. The fraction of sp³-hybridized carbons (Fsp3) is 0.360. The maximum Gasteiger partial charge on any atom is 0.271 e. The second-order valence-electron chi connectivity index (χ2n) is 7.86. The number of ether oxygens (including phenoxy) is 2. The number of hydrazone groups is 1. The van der Waals surface area contributed by atoms with Gasteiger partial charge in [-0.25, -0.2) is 5.43 Å². The van der Waals surface area contributed by atoms with E-state index < -0.39 is 0 Å². The summed E-state index contributed by atoms with van der Waals surface area (Å²) in [4.78, 5) is 16.1. The number of aromatic amines is 1. The molecule has 1 aromatic heterocycles. The van der Waals surface area contributed by atoms with Gasteiger partial charge in [-0.05, 0) is 79.6 Å². The molecule has 1 amide bonds. The van der Waals surface area contributed by atoms with E-state index in [1.54, 1.807) is 13.3 Å². The van der Waals surface area contributed by atoms with Crippen LogP contribution in [0.15, 0.2) is 41.5 Å². The molecule has 3 aromatic rings. The summed E-state index contributed by atoms with van der Waals surface area (Å²) in [5.41, 5.74) is 7.81. The maximum absolute atomic E-state index is 12.6. The van der Waals surface area contributed by atoms with Gasteiger partial charge in [0.05, 0.1) is 19.9 Å². The average Bonchev–Trinajstić information content (AvgIpc) is 3.17.